The third-order valence-corrected chi connectivity index (χ3v) is 4.26. The number of amides is 3. The van der Waals surface area contributed by atoms with Crippen LogP contribution in [-0.2, 0) is 9.59 Å². The van der Waals surface area contributed by atoms with Gasteiger partial charge < -0.3 is 10.1 Å². The van der Waals surface area contributed by atoms with E-state index in [0.29, 0.717) is 23.4 Å². The van der Waals surface area contributed by atoms with Gasteiger partial charge in [-0.1, -0.05) is 31.5 Å². The van der Waals surface area contributed by atoms with E-state index >= 15 is 0 Å². The van der Waals surface area contributed by atoms with E-state index in [2.05, 4.69) is 16.2 Å². The molecule has 7 nitrogen and oxygen atoms in total. The van der Waals surface area contributed by atoms with Gasteiger partial charge in [-0.2, -0.15) is 0 Å². The zero-order valence-electron chi connectivity index (χ0n) is 17.0. The molecule has 0 spiro atoms. The first-order chi connectivity index (χ1) is 13.9. The minimum absolute atomic E-state index is 0.0554. The van der Waals surface area contributed by atoms with Crippen LogP contribution in [-0.4, -0.2) is 24.3 Å². The highest BCUT2D eigenvalue weighted by Gasteiger charge is 2.10. The van der Waals surface area contributed by atoms with Crippen LogP contribution in [0.2, 0.25) is 0 Å². The van der Waals surface area contributed by atoms with Crippen LogP contribution < -0.4 is 20.9 Å². The second-order valence-corrected chi connectivity index (χ2v) is 6.74. The molecule has 0 aliphatic carbocycles. The van der Waals surface area contributed by atoms with Gasteiger partial charge in [0.05, 0.1) is 0 Å². The molecular weight excluding hydrogens is 370 g/mol. The molecule has 0 radical (unpaired) electrons. The Hall–Kier alpha value is -3.35. The van der Waals surface area contributed by atoms with Crippen molar-refractivity contribution in [1.29, 1.82) is 0 Å². The lowest BCUT2D eigenvalue weighted by Crippen LogP contribution is -2.43. The van der Waals surface area contributed by atoms with Gasteiger partial charge in [-0.3, -0.25) is 25.2 Å². The second-order valence-electron chi connectivity index (χ2n) is 6.74. The average Bonchev–Trinajstić information content (AvgIpc) is 2.70. The highest BCUT2D eigenvalue weighted by atomic mass is 16.5. The van der Waals surface area contributed by atoms with Gasteiger partial charge in [0.2, 0.25) is 5.91 Å². The maximum absolute atomic E-state index is 12.2. The standard InChI is InChI=1S/C22H27N3O4/c1-4-5-9-19(26)23-18-12-10-17(11-13-18)22(28)25-24-20(27)14-29-21-15(2)7-6-8-16(21)3/h6-8,10-13H,4-5,9,14H2,1-3H3,(H,23,26)(H,24,27)(H,25,28). The minimum Gasteiger partial charge on any atom is -0.483 e. The van der Waals surface area contributed by atoms with E-state index in [-0.39, 0.29) is 12.5 Å². The minimum atomic E-state index is -0.471. The largest absolute Gasteiger partial charge is 0.483 e. The van der Waals surface area contributed by atoms with Crippen molar-refractivity contribution in [2.45, 2.75) is 40.0 Å². The lowest BCUT2D eigenvalue weighted by Gasteiger charge is -2.12. The monoisotopic (exact) mass is 397 g/mol. The van der Waals surface area contributed by atoms with Gasteiger partial charge in [0.15, 0.2) is 6.61 Å². The molecule has 0 atom stereocenters. The molecule has 0 fully saturated rings. The quantitative estimate of drug-likeness (QED) is 0.596. The van der Waals surface area contributed by atoms with Crippen LogP contribution in [0.5, 0.6) is 5.75 Å². The molecule has 2 aromatic rings. The Bertz CT molecular complexity index is 843. The molecule has 0 aliphatic rings. The number of unbranched alkanes of at least 4 members (excludes halogenated alkanes) is 1. The summed E-state index contributed by atoms with van der Waals surface area (Å²) in [4.78, 5) is 35.8. The number of anilines is 1. The number of carbonyl (C=O) groups is 3. The van der Waals surface area contributed by atoms with Crippen molar-refractivity contribution in [1.82, 2.24) is 10.9 Å². The van der Waals surface area contributed by atoms with Gasteiger partial charge in [-0.05, 0) is 55.7 Å². The first kappa shape index (κ1) is 21.9. The van der Waals surface area contributed by atoms with E-state index in [1.807, 2.05) is 39.0 Å². The number of hydrazine groups is 1. The van der Waals surface area contributed by atoms with E-state index < -0.39 is 11.8 Å². The summed E-state index contributed by atoms with van der Waals surface area (Å²) in [5.41, 5.74) is 7.51. The van der Waals surface area contributed by atoms with E-state index in [1.54, 1.807) is 24.3 Å². The van der Waals surface area contributed by atoms with Crippen LogP contribution >= 0.6 is 0 Å². The molecule has 29 heavy (non-hydrogen) atoms. The Morgan fingerprint density at radius 3 is 2.17 bits per heavy atom. The molecule has 0 saturated carbocycles. The molecule has 3 N–H and O–H groups in total. The van der Waals surface area contributed by atoms with E-state index in [1.165, 1.54) is 0 Å². The molecule has 3 amide bonds. The first-order valence-electron chi connectivity index (χ1n) is 9.58. The van der Waals surface area contributed by atoms with Crippen LogP contribution in [0.1, 0.15) is 47.7 Å². The summed E-state index contributed by atoms with van der Waals surface area (Å²) < 4.78 is 5.54. The Morgan fingerprint density at radius 2 is 1.55 bits per heavy atom. The number of nitrogens with one attached hydrogen (secondary N) is 3. The van der Waals surface area contributed by atoms with Crippen molar-refractivity contribution in [2.75, 3.05) is 11.9 Å². The molecule has 0 heterocycles. The van der Waals surface area contributed by atoms with Crippen molar-refractivity contribution in [3.05, 3.63) is 59.2 Å². The smallest absolute Gasteiger partial charge is 0.276 e. The van der Waals surface area contributed by atoms with E-state index in [9.17, 15) is 14.4 Å². The van der Waals surface area contributed by atoms with Crippen LogP contribution in [0.15, 0.2) is 42.5 Å². The summed E-state index contributed by atoms with van der Waals surface area (Å²) >= 11 is 0. The van der Waals surface area contributed by atoms with Gasteiger partial charge >= 0.3 is 0 Å². The molecule has 2 rings (SSSR count). The molecule has 0 bridgehead atoms. The third-order valence-electron chi connectivity index (χ3n) is 4.26. The lowest BCUT2D eigenvalue weighted by atomic mass is 10.1. The lowest BCUT2D eigenvalue weighted by molar-refractivity contribution is -0.123. The SMILES string of the molecule is CCCCC(=O)Nc1ccc(C(=O)NNC(=O)COc2c(C)cccc2C)cc1. The fourth-order valence-corrected chi connectivity index (χ4v) is 2.67. The van der Waals surface area contributed by atoms with Gasteiger partial charge in [-0.25, -0.2) is 0 Å². The third kappa shape index (κ3) is 6.95. The van der Waals surface area contributed by atoms with Crippen molar-refractivity contribution >= 4 is 23.4 Å². The number of benzene rings is 2. The number of carbonyl (C=O) groups excluding carboxylic acids is 3. The summed E-state index contributed by atoms with van der Waals surface area (Å²) in [6.45, 7) is 5.61. The topological polar surface area (TPSA) is 96.5 Å². The molecule has 0 saturated heterocycles. The summed E-state index contributed by atoms with van der Waals surface area (Å²) in [6.07, 6.45) is 2.25. The van der Waals surface area contributed by atoms with Crippen molar-refractivity contribution in [3.8, 4) is 5.75 Å². The molecular formula is C22H27N3O4. The highest BCUT2D eigenvalue weighted by molar-refractivity contribution is 5.96. The van der Waals surface area contributed by atoms with Crippen LogP contribution in [0.4, 0.5) is 5.69 Å². The predicted octanol–water partition coefficient (Wildman–Crippen LogP) is 3.27. The zero-order valence-corrected chi connectivity index (χ0v) is 17.0. The fourth-order valence-electron chi connectivity index (χ4n) is 2.67. The number of para-hydroxylation sites is 1. The highest BCUT2D eigenvalue weighted by Crippen LogP contribution is 2.21. The molecule has 0 aliphatic heterocycles. The number of hydrogen-bond acceptors (Lipinski definition) is 4. The van der Waals surface area contributed by atoms with Crippen LogP contribution in [0, 0.1) is 13.8 Å². The molecule has 0 aromatic heterocycles. The van der Waals surface area contributed by atoms with Gasteiger partial charge in [0.1, 0.15) is 5.75 Å². The molecule has 7 heteroatoms. The Kier molecular flexibility index (Phi) is 8.21. The maximum atomic E-state index is 12.2. The van der Waals surface area contributed by atoms with E-state index in [0.717, 1.165) is 24.0 Å². The van der Waals surface area contributed by atoms with Gasteiger partial charge in [0.25, 0.3) is 11.8 Å². The van der Waals surface area contributed by atoms with Crippen LogP contribution in [0.25, 0.3) is 0 Å². The Morgan fingerprint density at radius 1 is 0.897 bits per heavy atom. The van der Waals surface area contributed by atoms with Crippen LogP contribution in [0.3, 0.4) is 0 Å². The van der Waals surface area contributed by atoms with E-state index in [4.69, 9.17) is 4.74 Å². The van der Waals surface area contributed by atoms with Crippen molar-refractivity contribution in [3.63, 3.8) is 0 Å². The van der Waals surface area contributed by atoms with Crippen molar-refractivity contribution < 1.29 is 19.1 Å². The number of aryl methyl sites for hydroxylation is 2. The Labute approximate surface area is 170 Å². The summed E-state index contributed by atoms with van der Waals surface area (Å²) in [5.74, 6) is -0.333. The summed E-state index contributed by atoms with van der Waals surface area (Å²) in [5, 5.41) is 2.78. The van der Waals surface area contributed by atoms with Gasteiger partial charge in [-0.15, -0.1) is 0 Å². The maximum Gasteiger partial charge on any atom is 0.276 e. The zero-order chi connectivity index (χ0) is 21.2. The Balaban J connectivity index is 1.79. The predicted molar refractivity (Wildman–Crippen MR) is 112 cm³/mol. The number of rotatable bonds is 8. The summed E-state index contributed by atoms with van der Waals surface area (Å²) in [7, 11) is 0. The molecule has 154 valence electrons. The second kappa shape index (κ2) is 10.8. The normalized spacial score (nSPS) is 10.2. The first-order valence-corrected chi connectivity index (χ1v) is 9.58. The molecule has 0 unspecified atom stereocenters. The fraction of sp³-hybridized carbons (Fsp3) is 0.318. The van der Waals surface area contributed by atoms with Crippen molar-refractivity contribution in [2.24, 2.45) is 0 Å². The number of ether oxygens (including phenoxy) is 1. The van der Waals surface area contributed by atoms with Gasteiger partial charge in [0, 0.05) is 17.7 Å². The molecule has 2 aromatic carbocycles. The number of hydrogen-bond donors (Lipinski definition) is 3. The summed E-state index contributed by atoms with van der Waals surface area (Å²) in [6, 6.07) is 12.2. The average molecular weight is 397 g/mol.